The second-order valence-electron chi connectivity index (χ2n) is 6.96. The van der Waals surface area contributed by atoms with Gasteiger partial charge in [-0.15, -0.1) is 0 Å². The zero-order chi connectivity index (χ0) is 19.5. The van der Waals surface area contributed by atoms with Gasteiger partial charge in [-0.1, -0.05) is 36.4 Å². The van der Waals surface area contributed by atoms with Crippen LogP contribution in [0.5, 0.6) is 0 Å². The number of fused-ring (bicyclic) bond motifs is 1. The summed E-state index contributed by atoms with van der Waals surface area (Å²) in [6, 6.07) is 17.2. The van der Waals surface area contributed by atoms with E-state index < -0.39 is 0 Å². The summed E-state index contributed by atoms with van der Waals surface area (Å²) in [5, 5.41) is 4.78. The van der Waals surface area contributed by atoms with Crippen LogP contribution in [0.2, 0.25) is 0 Å². The molecule has 142 valence electrons. The summed E-state index contributed by atoms with van der Waals surface area (Å²) in [7, 11) is 0. The fourth-order valence-corrected chi connectivity index (χ4v) is 3.48. The van der Waals surface area contributed by atoms with E-state index >= 15 is 0 Å². The van der Waals surface area contributed by atoms with Crippen molar-refractivity contribution < 1.29 is 9.59 Å². The van der Waals surface area contributed by atoms with E-state index in [1.54, 1.807) is 16.0 Å². The summed E-state index contributed by atoms with van der Waals surface area (Å²) in [4.78, 5) is 33.3. The Labute approximate surface area is 163 Å². The van der Waals surface area contributed by atoms with E-state index in [1.807, 2.05) is 61.5 Å². The molecule has 0 spiro atoms. The molecule has 3 amide bonds. The molecule has 2 aromatic carbocycles. The van der Waals surface area contributed by atoms with Gasteiger partial charge >= 0.3 is 6.03 Å². The monoisotopic (exact) mass is 374 g/mol. The molecule has 4 rings (SSSR count). The number of carbonyl (C=O) groups excluding carboxylic acids is 2. The summed E-state index contributed by atoms with van der Waals surface area (Å²) in [5.74, 6) is -0.0875. The Morgan fingerprint density at radius 3 is 2.46 bits per heavy atom. The normalized spacial score (nSPS) is 14.2. The number of hydrogen-bond donors (Lipinski definition) is 1. The molecular formula is C22H22N4O2. The number of aryl methyl sites for hydroxylation is 1. The lowest BCUT2D eigenvalue weighted by Crippen LogP contribution is -2.51. The quantitative estimate of drug-likeness (QED) is 0.746. The number of nitrogens with zero attached hydrogens (tertiary/aromatic N) is 3. The van der Waals surface area contributed by atoms with Crippen LogP contribution in [0.3, 0.4) is 0 Å². The molecule has 1 N–H and O–H groups in total. The van der Waals surface area contributed by atoms with Gasteiger partial charge in [0.25, 0.3) is 5.91 Å². The first-order valence-electron chi connectivity index (χ1n) is 9.37. The average molecular weight is 374 g/mol. The maximum absolute atomic E-state index is 13.0. The molecule has 0 aliphatic carbocycles. The second-order valence-corrected chi connectivity index (χ2v) is 6.96. The smallest absolute Gasteiger partial charge is 0.321 e. The first-order chi connectivity index (χ1) is 13.6. The molecule has 1 saturated heterocycles. The first kappa shape index (κ1) is 18.0. The van der Waals surface area contributed by atoms with Crippen LogP contribution in [-0.4, -0.2) is 52.9 Å². The standard InChI is InChI=1S/C22H22N4O2/c1-16-5-4-7-18(15-16)24-22(28)26-13-11-25(12-14-26)21(27)20-19-8-3-2-6-17(19)9-10-23-20/h2-10,15H,11-14H2,1H3,(H,24,28). The maximum Gasteiger partial charge on any atom is 0.321 e. The molecule has 1 aliphatic rings. The molecule has 0 atom stereocenters. The third kappa shape index (κ3) is 3.67. The van der Waals surface area contributed by atoms with Crippen LogP contribution in [-0.2, 0) is 0 Å². The van der Waals surface area contributed by atoms with Crippen molar-refractivity contribution in [3.05, 3.63) is 72.1 Å². The summed E-state index contributed by atoms with van der Waals surface area (Å²) in [5.41, 5.74) is 2.34. The molecule has 0 saturated carbocycles. The van der Waals surface area contributed by atoms with E-state index in [0.29, 0.717) is 31.9 Å². The van der Waals surface area contributed by atoms with Gasteiger partial charge in [-0.25, -0.2) is 4.79 Å². The Morgan fingerprint density at radius 2 is 1.68 bits per heavy atom. The van der Waals surface area contributed by atoms with Crippen LogP contribution in [0, 0.1) is 6.92 Å². The Balaban J connectivity index is 1.41. The maximum atomic E-state index is 13.0. The number of nitrogens with one attached hydrogen (secondary N) is 1. The Hall–Kier alpha value is -3.41. The van der Waals surface area contributed by atoms with Gasteiger partial charge in [-0.3, -0.25) is 9.78 Å². The van der Waals surface area contributed by atoms with E-state index in [4.69, 9.17) is 0 Å². The minimum atomic E-state index is -0.138. The highest BCUT2D eigenvalue weighted by Gasteiger charge is 2.26. The number of benzene rings is 2. The highest BCUT2D eigenvalue weighted by Crippen LogP contribution is 2.19. The predicted octanol–water partition coefficient (Wildman–Crippen LogP) is 3.53. The highest BCUT2D eigenvalue weighted by atomic mass is 16.2. The van der Waals surface area contributed by atoms with E-state index in [2.05, 4.69) is 10.3 Å². The molecular weight excluding hydrogens is 352 g/mol. The summed E-state index contributed by atoms with van der Waals surface area (Å²) >= 11 is 0. The van der Waals surface area contributed by atoms with Gasteiger partial charge in [0.05, 0.1) is 0 Å². The average Bonchev–Trinajstić information content (AvgIpc) is 2.73. The Kier molecular flexibility index (Phi) is 4.93. The van der Waals surface area contributed by atoms with Crippen molar-refractivity contribution >= 4 is 28.4 Å². The van der Waals surface area contributed by atoms with Gasteiger partial charge < -0.3 is 15.1 Å². The molecule has 1 fully saturated rings. The molecule has 6 heteroatoms. The lowest BCUT2D eigenvalue weighted by Gasteiger charge is -2.34. The third-order valence-corrected chi connectivity index (χ3v) is 5.00. The molecule has 0 bridgehead atoms. The lowest BCUT2D eigenvalue weighted by molar-refractivity contribution is 0.0668. The van der Waals surface area contributed by atoms with Gasteiger partial charge in [0.2, 0.25) is 0 Å². The second kappa shape index (κ2) is 7.68. The molecule has 0 radical (unpaired) electrons. The van der Waals surface area contributed by atoms with Crippen LogP contribution in [0.25, 0.3) is 10.8 Å². The van der Waals surface area contributed by atoms with Crippen LogP contribution in [0.4, 0.5) is 10.5 Å². The van der Waals surface area contributed by atoms with Crippen molar-refractivity contribution in [2.75, 3.05) is 31.5 Å². The van der Waals surface area contributed by atoms with Crippen molar-refractivity contribution in [2.24, 2.45) is 0 Å². The van der Waals surface area contributed by atoms with Gasteiger partial charge in [0.15, 0.2) is 0 Å². The number of urea groups is 1. The van der Waals surface area contributed by atoms with Gasteiger partial charge in [-0.05, 0) is 36.1 Å². The fourth-order valence-electron chi connectivity index (χ4n) is 3.48. The molecule has 28 heavy (non-hydrogen) atoms. The summed E-state index contributed by atoms with van der Waals surface area (Å²) in [6.45, 7) is 3.96. The van der Waals surface area contributed by atoms with Crippen LogP contribution < -0.4 is 5.32 Å². The molecule has 0 unspecified atom stereocenters. The summed E-state index contributed by atoms with van der Waals surface area (Å²) in [6.07, 6.45) is 1.67. The number of amides is 3. The van der Waals surface area contributed by atoms with E-state index in [0.717, 1.165) is 22.0 Å². The number of aromatic nitrogens is 1. The van der Waals surface area contributed by atoms with Crippen molar-refractivity contribution in [2.45, 2.75) is 6.92 Å². The van der Waals surface area contributed by atoms with E-state index in [9.17, 15) is 9.59 Å². The number of hydrogen-bond acceptors (Lipinski definition) is 3. The van der Waals surface area contributed by atoms with Crippen molar-refractivity contribution in [3.8, 4) is 0 Å². The number of piperazine rings is 1. The largest absolute Gasteiger partial charge is 0.334 e. The van der Waals surface area contributed by atoms with E-state index in [1.165, 1.54) is 0 Å². The number of pyridine rings is 1. The van der Waals surface area contributed by atoms with Crippen LogP contribution >= 0.6 is 0 Å². The number of rotatable bonds is 2. The molecule has 1 aromatic heterocycles. The van der Waals surface area contributed by atoms with Crippen molar-refractivity contribution in [3.63, 3.8) is 0 Å². The van der Waals surface area contributed by atoms with Gasteiger partial charge in [0.1, 0.15) is 5.69 Å². The highest BCUT2D eigenvalue weighted by molar-refractivity contribution is 6.05. The SMILES string of the molecule is Cc1cccc(NC(=O)N2CCN(C(=O)c3nccc4ccccc34)CC2)c1. The summed E-state index contributed by atoms with van der Waals surface area (Å²) < 4.78 is 0. The van der Waals surface area contributed by atoms with Gasteiger partial charge in [-0.2, -0.15) is 0 Å². The van der Waals surface area contributed by atoms with Crippen LogP contribution in [0.15, 0.2) is 60.8 Å². The molecule has 2 heterocycles. The molecule has 3 aromatic rings. The third-order valence-electron chi connectivity index (χ3n) is 5.00. The van der Waals surface area contributed by atoms with Crippen molar-refractivity contribution in [1.82, 2.24) is 14.8 Å². The van der Waals surface area contributed by atoms with Crippen molar-refractivity contribution in [1.29, 1.82) is 0 Å². The Bertz CT molecular complexity index is 1020. The molecule has 1 aliphatic heterocycles. The fraction of sp³-hybridized carbons (Fsp3) is 0.227. The van der Waals surface area contributed by atoms with Gasteiger partial charge in [0, 0.05) is 43.4 Å². The minimum Gasteiger partial charge on any atom is -0.334 e. The number of anilines is 1. The first-order valence-corrected chi connectivity index (χ1v) is 9.37. The lowest BCUT2D eigenvalue weighted by atomic mass is 10.1. The zero-order valence-corrected chi connectivity index (χ0v) is 15.8. The zero-order valence-electron chi connectivity index (χ0n) is 15.8. The number of carbonyl (C=O) groups is 2. The molecule has 6 nitrogen and oxygen atoms in total. The predicted molar refractivity (Wildman–Crippen MR) is 109 cm³/mol. The van der Waals surface area contributed by atoms with E-state index in [-0.39, 0.29) is 11.9 Å². The Morgan fingerprint density at radius 1 is 0.929 bits per heavy atom. The topological polar surface area (TPSA) is 65.5 Å². The minimum absolute atomic E-state index is 0.0875. The van der Waals surface area contributed by atoms with Crippen LogP contribution in [0.1, 0.15) is 16.1 Å².